The number of carbonyl (C=O) groups excluding carboxylic acids is 1. The van der Waals surface area contributed by atoms with Crippen molar-refractivity contribution in [2.24, 2.45) is 0 Å². The summed E-state index contributed by atoms with van der Waals surface area (Å²) < 4.78 is 5.44. The summed E-state index contributed by atoms with van der Waals surface area (Å²) in [5.74, 6) is 0. The molecule has 2 aliphatic heterocycles. The van der Waals surface area contributed by atoms with Crippen LogP contribution >= 0.6 is 0 Å². The topological polar surface area (TPSA) is 56.8 Å². The molecule has 0 aromatic rings. The molecule has 0 unspecified atom stereocenters. The van der Waals surface area contributed by atoms with E-state index in [1.807, 2.05) is 0 Å². The molecule has 0 spiro atoms. The third-order valence-corrected chi connectivity index (χ3v) is 4.64. The van der Waals surface area contributed by atoms with Gasteiger partial charge in [0.05, 0.1) is 6.61 Å². The highest BCUT2D eigenvalue weighted by molar-refractivity contribution is 5.74. The molecule has 6 nitrogen and oxygen atoms in total. The summed E-state index contributed by atoms with van der Waals surface area (Å²) in [7, 11) is 0. The minimum absolute atomic E-state index is 0.0432. The number of hydrogen-bond acceptors (Lipinski definition) is 4. The number of likely N-dealkylation sites (tertiary alicyclic amines) is 1. The predicted molar refractivity (Wildman–Crippen MR) is 92.8 cm³/mol. The van der Waals surface area contributed by atoms with Crippen LogP contribution in [0.3, 0.4) is 0 Å². The molecule has 0 bridgehead atoms. The SMILES string of the molecule is C[C@@H](CN1CCCCCC1)NC(=O)NCCN1CCCOCC1. The summed E-state index contributed by atoms with van der Waals surface area (Å²) in [6.07, 6.45) is 6.36. The molecule has 0 aliphatic carbocycles. The number of carbonyl (C=O) groups is 1. The first-order valence-electron chi connectivity index (χ1n) is 9.31. The smallest absolute Gasteiger partial charge is 0.315 e. The van der Waals surface area contributed by atoms with E-state index in [1.165, 1.54) is 38.8 Å². The highest BCUT2D eigenvalue weighted by Gasteiger charge is 2.14. The van der Waals surface area contributed by atoms with Crippen LogP contribution in [0.5, 0.6) is 0 Å². The highest BCUT2D eigenvalue weighted by atomic mass is 16.5. The highest BCUT2D eigenvalue weighted by Crippen LogP contribution is 2.09. The second-order valence-electron chi connectivity index (χ2n) is 6.82. The molecule has 2 heterocycles. The number of nitrogens with zero attached hydrogens (tertiary/aromatic N) is 2. The Bertz CT molecular complexity index is 325. The lowest BCUT2D eigenvalue weighted by Crippen LogP contribution is -2.47. The van der Waals surface area contributed by atoms with Crippen LogP contribution in [0.4, 0.5) is 4.79 Å². The van der Waals surface area contributed by atoms with Crippen LogP contribution in [0.15, 0.2) is 0 Å². The Morgan fingerprint density at radius 1 is 1.00 bits per heavy atom. The molecule has 2 fully saturated rings. The molecule has 2 rings (SSSR count). The van der Waals surface area contributed by atoms with Gasteiger partial charge in [-0.2, -0.15) is 0 Å². The molecular formula is C17H34N4O2. The van der Waals surface area contributed by atoms with E-state index in [9.17, 15) is 4.79 Å². The zero-order chi connectivity index (χ0) is 16.3. The molecule has 1 atom stereocenters. The van der Waals surface area contributed by atoms with E-state index < -0.39 is 0 Å². The van der Waals surface area contributed by atoms with Gasteiger partial charge in [0, 0.05) is 45.4 Å². The number of rotatable bonds is 6. The van der Waals surface area contributed by atoms with Crippen molar-refractivity contribution in [1.82, 2.24) is 20.4 Å². The average molecular weight is 326 g/mol. The molecule has 2 saturated heterocycles. The summed E-state index contributed by atoms with van der Waals surface area (Å²) in [6, 6.07) is 0.151. The summed E-state index contributed by atoms with van der Waals surface area (Å²) >= 11 is 0. The van der Waals surface area contributed by atoms with Gasteiger partial charge in [-0.05, 0) is 39.3 Å². The molecule has 0 aromatic heterocycles. The summed E-state index contributed by atoms with van der Waals surface area (Å²) in [6.45, 7) is 10.7. The van der Waals surface area contributed by atoms with E-state index in [-0.39, 0.29) is 12.1 Å². The normalized spacial score (nSPS) is 22.8. The largest absolute Gasteiger partial charge is 0.380 e. The molecule has 2 aliphatic rings. The molecule has 0 saturated carbocycles. The van der Waals surface area contributed by atoms with Crippen LogP contribution in [-0.4, -0.2) is 80.9 Å². The van der Waals surface area contributed by atoms with Crippen LogP contribution in [-0.2, 0) is 4.74 Å². The monoisotopic (exact) mass is 326 g/mol. The maximum absolute atomic E-state index is 12.0. The lowest BCUT2D eigenvalue weighted by atomic mass is 10.2. The second-order valence-corrected chi connectivity index (χ2v) is 6.82. The van der Waals surface area contributed by atoms with Gasteiger partial charge in [-0.25, -0.2) is 4.79 Å². The standard InChI is InChI=1S/C17H34N4O2/c1-16(15-21-8-4-2-3-5-9-21)19-17(22)18-7-11-20-10-6-13-23-14-12-20/h16H,2-15H2,1H3,(H2,18,19,22)/t16-/m0/s1. The van der Waals surface area contributed by atoms with Crippen molar-refractivity contribution in [3.05, 3.63) is 0 Å². The lowest BCUT2D eigenvalue weighted by molar-refractivity contribution is 0.141. The first-order chi connectivity index (χ1) is 11.2. The van der Waals surface area contributed by atoms with E-state index in [0.717, 1.165) is 45.8 Å². The molecule has 6 heteroatoms. The lowest BCUT2D eigenvalue weighted by Gasteiger charge is -2.25. The molecular weight excluding hydrogens is 292 g/mol. The maximum Gasteiger partial charge on any atom is 0.315 e. The van der Waals surface area contributed by atoms with Crippen molar-refractivity contribution < 1.29 is 9.53 Å². The van der Waals surface area contributed by atoms with Crippen molar-refractivity contribution in [2.45, 2.75) is 45.1 Å². The van der Waals surface area contributed by atoms with Gasteiger partial charge in [-0.15, -0.1) is 0 Å². The van der Waals surface area contributed by atoms with E-state index in [1.54, 1.807) is 0 Å². The molecule has 0 radical (unpaired) electrons. The summed E-state index contributed by atoms with van der Waals surface area (Å²) in [5.41, 5.74) is 0. The van der Waals surface area contributed by atoms with Gasteiger partial charge in [0.2, 0.25) is 0 Å². The van der Waals surface area contributed by atoms with Gasteiger partial charge < -0.3 is 20.3 Å². The zero-order valence-corrected chi connectivity index (χ0v) is 14.7. The summed E-state index contributed by atoms with van der Waals surface area (Å²) in [4.78, 5) is 16.8. The first-order valence-corrected chi connectivity index (χ1v) is 9.31. The van der Waals surface area contributed by atoms with E-state index in [2.05, 4.69) is 27.4 Å². The van der Waals surface area contributed by atoms with Crippen molar-refractivity contribution in [3.8, 4) is 0 Å². The Balaban J connectivity index is 1.56. The molecule has 2 amide bonds. The maximum atomic E-state index is 12.0. The van der Waals surface area contributed by atoms with Crippen molar-refractivity contribution >= 4 is 6.03 Å². The van der Waals surface area contributed by atoms with Gasteiger partial charge >= 0.3 is 6.03 Å². The third kappa shape index (κ3) is 7.99. The van der Waals surface area contributed by atoms with Gasteiger partial charge in [-0.3, -0.25) is 4.90 Å². The van der Waals surface area contributed by atoms with Crippen LogP contribution in [0.1, 0.15) is 39.0 Å². The Labute approximate surface area is 140 Å². The van der Waals surface area contributed by atoms with Gasteiger partial charge in [0.25, 0.3) is 0 Å². The Hall–Kier alpha value is -0.850. The Morgan fingerprint density at radius 2 is 1.74 bits per heavy atom. The van der Waals surface area contributed by atoms with Crippen LogP contribution in [0.25, 0.3) is 0 Å². The van der Waals surface area contributed by atoms with Crippen LogP contribution in [0.2, 0.25) is 0 Å². The zero-order valence-electron chi connectivity index (χ0n) is 14.7. The van der Waals surface area contributed by atoms with Gasteiger partial charge in [0.15, 0.2) is 0 Å². The number of hydrogen-bond donors (Lipinski definition) is 2. The van der Waals surface area contributed by atoms with Gasteiger partial charge in [0.1, 0.15) is 0 Å². The number of amides is 2. The van der Waals surface area contributed by atoms with Crippen LogP contribution in [0, 0.1) is 0 Å². The van der Waals surface area contributed by atoms with E-state index in [0.29, 0.717) is 6.54 Å². The van der Waals surface area contributed by atoms with Crippen molar-refractivity contribution in [3.63, 3.8) is 0 Å². The second kappa shape index (κ2) is 10.8. The van der Waals surface area contributed by atoms with Crippen LogP contribution < -0.4 is 10.6 Å². The molecule has 0 aromatic carbocycles. The predicted octanol–water partition coefficient (Wildman–Crippen LogP) is 1.27. The average Bonchev–Trinajstić information content (AvgIpc) is 2.92. The van der Waals surface area contributed by atoms with Crippen molar-refractivity contribution in [2.75, 3.05) is 59.0 Å². The fourth-order valence-electron chi connectivity index (χ4n) is 3.38. The molecule has 2 N–H and O–H groups in total. The first kappa shape index (κ1) is 18.5. The quantitative estimate of drug-likeness (QED) is 0.772. The fraction of sp³-hybridized carbons (Fsp3) is 0.941. The van der Waals surface area contributed by atoms with E-state index in [4.69, 9.17) is 4.74 Å². The van der Waals surface area contributed by atoms with Crippen molar-refractivity contribution in [1.29, 1.82) is 0 Å². The Morgan fingerprint density at radius 3 is 2.52 bits per heavy atom. The molecule has 23 heavy (non-hydrogen) atoms. The summed E-state index contributed by atoms with van der Waals surface area (Å²) in [5, 5.41) is 6.04. The number of nitrogens with one attached hydrogen (secondary N) is 2. The minimum Gasteiger partial charge on any atom is -0.380 e. The number of ether oxygens (including phenoxy) is 1. The Kier molecular flexibility index (Phi) is 8.71. The fourth-order valence-corrected chi connectivity index (χ4v) is 3.38. The number of urea groups is 1. The minimum atomic E-state index is -0.0432. The van der Waals surface area contributed by atoms with Gasteiger partial charge in [-0.1, -0.05) is 12.8 Å². The van der Waals surface area contributed by atoms with E-state index >= 15 is 0 Å². The molecule has 134 valence electrons. The third-order valence-electron chi connectivity index (χ3n) is 4.64.